The van der Waals surface area contributed by atoms with Crippen molar-refractivity contribution in [2.24, 2.45) is 0 Å². The number of nitrogen functional groups attached to an aromatic ring is 1. The van der Waals surface area contributed by atoms with Crippen molar-refractivity contribution in [1.82, 2.24) is 14.4 Å². The number of benzene rings is 1. The largest absolute Gasteiger partial charge is 0.385 e. The Morgan fingerprint density at radius 1 is 1.14 bits per heavy atom. The van der Waals surface area contributed by atoms with E-state index < -0.39 is 0 Å². The molecule has 68 valence electrons. The summed E-state index contributed by atoms with van der Waals surface area (Å²) >= 11 is 0. The fourth-order valence-corrected chi connectivity index (χ4v) is 1.61. The molecule has 0 saturated carbocycles. The minimum Gasteiger partial charge on any atom is -0.385 e. The predicted octanol–water partition coefficient (Wildman–Crippen LogP) is 1.46. The van der Waals surface area contributed by atoms with Crippen LogP contribution in [0.5, 0.6) is 0 Å². The van der Waals surface area contributed by atoms with Crippen molar-refractivity contribution in [3.63, 3.8) is 0 Å². The van der Waals surface area contributed by atoms with E-state index in [9.17, 15) is 0 Å². The van der Waals surface area contributed by atoms with Crippen LogP contribution in [0.3, 0.4) is 0 Å². The van der Waals surface area contributed by atoms with Crippen LogP contribution < -0.4 is 5.73 Å². The molecule has 14 heavy (non-hydrogen) atoms. The lowest BCUT2D eigenvalue weighted by atomic mass is 10.3. The molecule has 1 aromatic carbocycles. The van der Waals surface area contributed by atoms with Crippen molar-refractivity contribution < 1.29 is 0 Å². The fraction of sp³-hybridized carbons (Fsp3) is 0. The molecule has 0 aliphatic rings. The Morgan fingerprint density at radius 2 is 2.00 bits per heavy atom. The maximum Gasteiger partial charge on any atom is 0.236 e. The van der Waals surface area contributed by atoms with E-state index in [2.05, 4.69) is 9.97 Å². The predicted molar refractivity (Wildman–Crippen MR) is 54.9 cm³/mol. The molecule has 3 aromatic rings. The zero-order valence-corrected chi connectivity index (χ0v) is 7.38. The molecule has 0 aliphatic heterocycles. The molecule has 4 heteroatoms. The minimum absolute atomic E-state index is 0.645. The van der Waals surface area contributed by atoms with Crippen molar-refractivity contribution in [1.29, 1.82) is 0 Å². The number of hydrogen-bond acceptors (Lipinski definition) is 3. The lowest BCUT2D eigenvalue weighted by Crippen LogP contribution is -1.97. The van der Waals surface area contributed by atoms with E-state index in [1.807, 2.05) is 28.7 Å². The SMILES string of the molecule is Nc1ccnc2nc3ccccc3n12. The topological polar surface area (TPSA) is 56.2 Å². The lowest BCUT2D eigenvalue weighted by molar-refractivity contribution is 1.15. The maximum absolute atomic E-state index is 5.85. The van der Waals surface area contributed by atoms with Gasteiger partial charge in [0.1, 0.15) is 5.82 Å². The zero-order chi connectivity index (χ0) is 9.54. The molecule has 0 bridgehead atoms. The van der Waals surface area contributed by atoms with Crippen LogP contribution in [0.1, 0.15) is 0 Å². The van der Waals surface area contributed by atoms with E-state index in [0.717, 1.165) is 11.0 Å². The van der Waals surface area contributed by atoms with Gasteiger partial charge in [0.25, 0.3) is 0 Å². The van der Waals surface area contributed by atoms with Crippen LogP contribution in [-0.4, -0.2) is 14.4 Å². The summed E-state index contributed by atoms with van der Waals surface area (Å²) < 4.78 is 1.84. The molecule has 0 unspecified atom stereocenters. The molecular weight excluding hydrogens is 176 g/mol. The second kappa shape index (κ2) is 2.45. The van der Waals surface area contributed by atoms with Crippen LogP contribution in [0.2, 0.25) is 0 Å². The third kappa shape index (κ3) is 0.821. The first kappa shape index (κ1) is 7.32. The Bertz CT molecular complexity index is 612. The number of imidazole rings is 1. The van der Waals surface area contributed by atoms with Crippen LogP contribution >= 0.6 is 0 Å². The first-order valence-electron chi connectivity index (χ1n) is 4.34. The average Bonchev–Trinajstić information content (AvgIpc) is 2.57. The van der Waals surface area contributed by atoms with Gasteiger partial charge in [-0.2, -0.15) is 0 Å². The summed E-state index contributed by atoms with van der Waals surface area (Å²) in [7, 11) is 0. The number of para-hydroxylation sites is 2. The van der Waals surface area contributed by atoms with Gasteiger partial charge in [-0.3, -0.25) is 4.40 Å². The lowest BCUT2D eigenvalue weighted by Gasteiger charge is -1.97. The summed E-state index contributed by atoms with van der Waals surface area (Å²) in [5.41, 5.74) is 7.76. The quantitative estimate of drug-likeness (QED) is 0.575. The number of nitrogens with zero attached hydrogens (tertiary/aromatic N) is 3. The fourth-order valence-electron chi connectivity index (χ4n) is 1.61. The summed E-state index contributed by atoms with van der Waals surface area (Å²) in [6.45, 7) is 0. The maximum atomic E-state index is 5.85. The Hall–Kier alpha value is -2.10. The summed E-state index contributed by atoms with van der Waals surface area (Å²) in [5, 5.41) is 0. The molecule has 2 heterocycles. The van der Waals surface area contributed by atoms with Gasteiger partial charge in [-0.05, 0) is 18.2 Å². The summed E-state index contributed by atoms with van der Waals surface area (Å²) in [6.07, 6.45) is 1.66. The van der Waals surface area contributed by atoms with E-state index >= 15 is 0 Å². The highest BCUT2D eigenvalue weighted by Crippen LogP contribution is 2.17. The Morgan fingerprint density at radius 3 is 2.93 bits per heavy atom. The first-order chi connectivity index (χ1) is 6.86. The second-order valence-corrected chi connectivity index (χ2v) is 3.11. The standard InChI is InChI=1S/C10H8N4/c11-9-5-6-12-10-13-7-3-1-2-4-8(7)14(9)10/h1-6H,11H2. The van der Waals surface area contributed by atoms with Crippen molar-refractivity contribution in [2.45, 2.75) is 0 Å². The van der Waals surface area contributed by atoms with Gasteiger partial charge in [0.2, 0.25) is 5.78 Å². The third-order valence-corrected chi connectivity index (χ3v) is 2.24. The highest BCUT2D eigenvalue weighted by atomic mass is 15.1. The van der Waals surface area contributed by atoms with Crippen molar-refractivity contribution in [3.05, 3.63) is 36.5 Å². The summed E-state index contributed by atoms with van der Waals surface area (Å²) in [4.78, 5) is 8.50. The van der Waals surface area contributed by atoms with Crippen molar-refractivity contribution in [2.75, 3.05) is 5.73 Å². The van der Waals surface area contributed by atoms with Crippen LogP contribution in [0.15, 0.2) is 36.5 Å². The molecule has 4 nitrogen and oxygen atoms in total. The molecule has 2 N–H and O–H groups in total. The average molecular weight is 184 g/mol. The Balaban J connectivity index is 2.65. The molecule has 3 rings (SSSR count). The normalized spacial score (nSPS) is 11.1. The van der Waals surface area contributed by atoms with E-state index in [1.54, 1.807) is 12.3 Å². The number of hydrogen-bond donors (Lipinski definition) is 1. The highest BCUT2D eigenvalue weighted by Gasteiger charge is 2.05. The molecule has 0 aliphatic carbocycles. The van der Waals surface area contributed by atoms with Gasteiger partial charge in [0.15, 0.2) is 0 Å². The van der Waals surface area contributed by atoms with Crippen LogP contribution in [-0.2, 0) is 0 Å². The van der Waals surface area contributed by atoms with Gasteiger partial charge < -0.3 is 5.73 Å². The molecular formula is C10H8N4. The Labute approximate surface area is 80.0 Å². The van der Waals surface area contributed by atoms with Crippen molar-refractivity contribution >= 4 is 22.6 Å². The Kier molecular flexibility index (Phi) is 1.28. The van der Waals surface area contributed by atoms with Crippen LogP contribution in [0, 0.1) is 0 Å². The smallest absolute Gasteiger partial charge is 0.236 e. The van der Waals surface area contributed by atoms with E-state index in [4.69, 9.17) is 5.73 Å². The van der Waals surface area contributed by atoms with Gasteiger partial charge >= 0.3 is 0 Å². The molecule has 0 spiro atoms. The van der Waals surface area contributed by atoms with Gasteiger partial charge in [-0.1, -0.05) is 12.1 Å². The van der Waals surface area contributed by atoms with E-state index in [0.29, 0.717) is 11.6 Å². The summed E-state index contributed by atoms with van der Waals surface area (Å²) in [6, 6.07) is 9.60. The number of rotatable bonds is 0. The van der Waals surface area contributed by atoms with Crippen molar-refractivity contribution in [3.8, 4) is 0 Å². The second-order valence-electron chi connectivity index (χ2n) is 3.11. The van der Waals surface area contributed by atoms with Gasteiger partial charge in [-0.25, -0.2) is 9.97 Å². The molecule has 2 aromatic heterocycles. The number of nitrogens with two attached hydrogens (primary N) is 1. The van der Waals surface area contributed by atoms with Crippen LogP contribution in [0.25, 0.3) is 16.8 Å². The number of fused-ring (bicyclic) bond motifs is 3. The van der Waals surface area contributed by atoms with Gasteiger partial charge in [0.05, 0.1) is 11.0 Å². The van der Waals surface area contributed by atoms with E-state index in [1.165, 1.54) is 0 Å². The molecule has 0 amide bonds. The molecule has 0 atom stereocenters. The monoisotopic (exact) mass is 184 g/mol. The summed E-state index contributed by atoms with van der Waals surface area (Å²) in [5.74, 6) is 1.30. The molecule has 0 radical (unpaired) electrons. The van der Waals surface area contributed by atoms with Gasteiger partial charge in [-0.15, -0.1) is 0 Å². The third-order valence-electron chi connectivity index (χ3n) is 2.24. The van der Waals surface area contributed by atoms with Crippen LogP contribution in [0.4, 0.5) is 5.82 Å². The molecule has 0 fully saturated rings. The minimum atomic E-state index is 0.645. The van der Waals surface area contributed by atoms with E-state index in [-0.39, 0.29) is 0 Å². The first-order valence-corrected chi connectivity index (χ1v) is 4.34. The highest BCUT2D eigenvalue weighted by molar-refractivity contribution is 5.80. The number of anilines is 1. The van der Waals surface area contributed by atoms with Gasteiger partial charge in [0, 0.05) is 6.20 Å². The molecule has 0 saturated heterocycles. The zero-order valence-electron chi connectivity index (χ0n) is 7.38. The number of aromatic nitrogens is 3.